The summed E-state index contributed by atoms with van der Waals surface area (Å²) < 4.78 is 0. The third-order valence-electron chi connectivity index (χ3n) is 4.26. The van der Waals surface area contributed by atoms with Gasteiger partial charge in [-0.3, -0.25) is 4.79 Å². The largest absolute Gasteiger partial charge is 0.349 e. The molecular weight excluding hydrogens is 292 g/mol. The highest BCUT2D eigenvalue weighted by Gasteiger charge is 2.20. The molecule has 0 atom stereocenters. The van der Waals surface area contributed by atoms with Crippen LogP contribution in [0.15, 0.2) is 41.8 Å². The third kappa shape index (κ3) is 3.76. The lowest BCUT2D eigenvalue weighted by Gasteiger charge is -2.29. The highest BCUT2D eigenvalue weighted by molar-refractivity contribution is 7.09. The first kappa shape index (κ1) is 15.3. The lowest BCUT2D eigenvalue weighted by Crippen LogP contribution is -2.43. The van der Waals surface area contributed by atoms with E-state index in [9.17, 15) is 4.79 Å². The molecule has 2 aromatic rings. The van der Waals surface area contributed by atoms with E-state index in [-0.39, 0.29) is 5.91 Å². The fourth-order valence-corrected chi connectivity index (χ4v) is 3.64. The number of carbonyl (C=O) groups is 1. The smallest absolute Gasteiger partial charge is 0.251 e. The van der Waals surface area contributed by atoms with Gasteiger partial charge in [0.05, 0.1) is 0 Å². The van der Waals surface area contributed by atoms with Gasteiger partial charge < -0.3 is 10.2 Å². The lowest BCUT2D eigenvalue weighted by molar-refractivity contribution is 0.0916. The molecule has 3 nitrogen and oxygen atoms in total. The molecule has 0 aliphatic carbocycles. The number of nitrogens with zero attached hydrogens (tertiary/aromatic N) is 1. The van der Waals surface area contributed by atoms with Gasteiger partial charge in [-0.05, 0) is 56.1 Å². The number of nitrogens with one attached hydrogen (secondary N) is 1. The van der Waals surface area contributed by atoms with Crippen LogP contribution >= 0.6 is 11.3 Å². The number of carbonyl (C=O) groups excluding carboxylic acids is 1. The fourth-order valence-electron chi connectivity index (χ4n) is 2.91. The van der Waals surface area contributed by atoms with E-state index in [1.54, 1.807) is 11.3 Å². The molecule has 0 unspecified atom stereocenters. The van der Waals surface area contributed by atoms with E-state index in [0.717, 1.165) is 43.5 Å². The average Bonchev–Trinajstić information content (AvgIpc) is 3.03. The van der Waals surface area contributed by atoms with Crippen LogP contribution in [0.2, 0.25) is 0 Å². The molecule has 22 heavy (non-hydrogen) atoms. The van der Waals surface area contributed by atoms with Crippen molar-refractivity contribution in [2.75, 3.05) is 20.1 Å². The summed E-state index contributed by atoms with van der Waals surface area (Å²) in [6.07, 6.45) is 2.90. The Kier molecular flexibility index (Phi) is 4.90. The van der Waals surface area contributed by atoms with Gasteiger partial charge in [-0.1, -0.05) is 24.3 Å². The maximum absolute atomic E-state index is 12.6. The molecular formula is C18H22N2OS. The molecule has 4 heteroatoms. The second-order valence-corrected chi connectivity index (χ2v) is 7.00. The van der Waals surface area contributed by atoms with Crippen molar-refractivity contribution in [3.8, 4) is 0 Å². The summed E-state index contributed by atoms with van der Waals surface area (Å²) in [6, 6.07) is 12.4. The molecule has 1 aliphatic heterocycles. The molecule has 0 saturated carbocycles. The average molecular weight is 314 g/mol. The SMILES string of the molecule is CN1CCC(NC(=O)c2ccccc2Cc2cccs2)CC1. The Morgan fingerprint density at radius 1 is 1.23 bits per heavy atom. The monoisotopic (exact) mass is 314 g/mol. The molecule has 0 spiro atoms. The van der Waals surface area contributed by atoms with Gasteiger partial charge in [0.2, 0.25) is 0 Å². The summed E-state index contributed by atoms with van der Waals surface area (Å²) in [6.45, 7) is 2.11. The Labute approximate surface area is 136 Å². The number of rotatable bonds is 4. The maximum atomic E-state index is 12.6. The number of piperidine rings is 1. The molecule has 3 rings (SSSR count). The predicted octanol–water partition coefficient (Wildman–Crippen LogP) is 3.16. The first-order valence-corrected chi connectivity index (χ1v) is 8.70. The van der Waals surface area contributed by atoms with Crippen molar-refractivity contribution >= 4 is 17.2 Å². The molecule has 1 saturated heterocycles. The Bertz CT molecular complexity index is 616. The summed E-state index contributed by atoms with van der Waals surface area (Å²) in [7, 11) is 2.13. The number of thiophene rings is 1. The predicted molar refractivity (Wildman–Crippen MR) is 91.6 cm³/mol. The molecule has 116 valence electrons. The van der Waals surface area contributed by atoms with Crippen LogP contribution in [0.25, 0.3) is 0 Å². The molecule has 1 aliphatic rings. The van der Waals surface area contributed by atoms with Crippen LogP contribution in [0.4, 0.5) is 0 Å². The van der Waals surface area contributed by atoms with Crippen LogP contribution < -0.4 is 5.32 Å². The topological polar surface area (TPSA) is 32.3 Å². The Morgan fingerprint density at radius 3 is 2.73 bits per heavy atom. The lowest BCUT2D eigenvalue weighted by atomic mass is 10.0. The number of likely N-dealkylation sites (tertiary alicyclic amines) is 1. The van der Waals surface area contributed by atoms with Crippen LogP contribution in [0.5, 0.6) is 0 Å². The van der Waals surface area contributed by atoms with Crippen LogP contribution in [0.1, 0.15) is 33.6 Å². The van der Waals surface area contributed by atoms with Crippen molar-refractivity contribution in [3.63, 3.8) is 0 Å². The van der Waals surface area contributed by atoms with Crippen LogP contribution in [-0.2, 0) is 6.42 Å². The van der Waals surface area contributed by atoms with E-state index in [0.29, 0.717) is 6.04 Å². The highest BCUT2D eigenvalue weighted by Crippen LogP contribution is 2.19. The van der Waals surface area contributed by atoms with Crippen molar-refractivity contribution in [1.29, 1.82) is 0 Å². The summed E-state index contributed by atoms with van der Waals surface area (Å²) in [4.78, 5) is 16.2. The number of benzene rings is 1. The molecule has 1 amide bonds. The quantitative estimate of drug-likeness (QED) is 0.940. The van der Waals surface area contributed by atoms with Crippen molar-refractivity contribution in [3.05, 3.63) is 57.8 Å². The first-order valence-electron chi connectivity index (χ1n) is 7.82. The minimum Gasteiger partial charge on any atom is -0.349 e. The molecule has 0 bridgehead atoms. The summed E-state index contributed by atoms with van der Waals surface area (Å²) in [5.74, 6) is 0.0710. The van der Waals surface area contributed by atoms with Gasteiger partial charge in [-0.2, -0.15) is 0 Å². The van der Waals surface area contributed by atoms with Crippen molar-refractivity contribution in [2.24, 2.45) is 0 Å². The highest BCUT2D eigenvalue weighted by atomic mass is 32.1. The van der Waals surface area contributed by atoms with E-state index in [4.69, 9.17) is 0 Å². The zero-order valence-electron chi connectivity index (χ0n) is 12.9. The van der Waals surface area contributed by atoms with Crippen LogP contribution in [0, 0.1) is 0 Å². The standard InChI is InChI=1S/C18H22N2OS/c1-20-10-8-15(9-11-20)19-18(21)17-7-3-2-5-14(17)13-16-6-4-12-22-16/h2-7,12,15H,8-11,13H2,1H3,(H,19,21). The molecule has 1 aromatic carbocycles. The minimum absolute atomic E-state index is 0.0710. The second kappa shape index (κ2) is 7.07. The van der Waals surface area contributed by atoms with Gasteiger partial charge >= 0.3 is 0 Å². The number of hydrogen-bond acceptors (Lipinski definition) is 3. The molecule has 1 N–H and O–H groups in total. The molecule has 0 radical (unpaired) electrons. The Balaban J connectivity index is 1.69. The van der Waals surface area contributed by atoms with E-state index in [1.165, 1.54) is 4.88 Å². The van der Waals surface area contributed by atoms with Gasteiger partial charge in [0.15, 0.2) is 0 Å². The van der Waals surface area contributed by atoms with Gasteiger partial charge in [0.1, 0.15) is 0 Å². The fraction of sp³-hybridized carbons (Fsp3) is 0.389. The van der Waals surface area contributed by atoms with E-state index >= 15 is 0 Å². The third-order valence-corrected chi connectivity index (χ3v) is 5.14. The van der Waals surface area contributed by atoms with Crippen molar-refractivity contribution in [2.45, 2.75) is 25.3 Å². The minimum atomic E-state index is 0.0710. The zero-order chi connectivity index (χ0) is 15.4. The van der Waals surface area contributed by atoms with Gasteiger partial charge in [0, 0.05) is 22.9 Å². The number of amides is 1. The summed E-state index contributed by atoms with van der Waals surface area (Å²) in [5, 5.41) is 5.29. The number of hydrogen-bond donors (Lipinski definition) is 1. The zero-order valence-corrected chi connectivity index (χ0v) is 13.7. The molecule has 1 aromatic heterocycles. The summed E-state index contributed by atoms with van der Waals surface area (Å²) >= 11 is 1.74. The Morgan fingerprint density at radius 2 is 2.00 bits per heavy atom. The van der Waals surface area contributed by atoms with E-state index < -0.39 is 0 Å². The van der Waals surface area contributed by atoms with E-state index in [1.807, 2.05) is 18.2 Å². The summed E-state index contributed by atoms with van der Waals surface area (Å²) in [5.41, 5.74) is 1.92. The normalized spacial score (nSPS) is 16.6. The molecule has 1 fully saturated rings. The maximum Gasteiger partial charge on any atom is 0.251 e. The van der Waals surface area contributed by atoms with Crippen molar-refractivity contribution < 1.29 is 4.79 Å². The first-order chi connectivity index (χ1) is 10.7. The van der Waals surface area contributed by atoms with Crippen LogP contribution in [-0.4, -0.2) is 37.0 Å². The van der Waals surface area contributed by atoms with Gasteiger partial charge in [0.25, 0.3) is 5.91 Å². The Hall–Kier alpha value is -1.65. The second-order valence-electron chi connectivity index (χ2n) is 5.96. The van der Waals surface area contributed by atoms with Crippen LogP contribution in [0.3, 0.4) is 0 Å². The van der Waals surface area contributed by atoms with Crippen molar-refractivity contribution in [1.82, 2.24) is 10.2 Å². The van der Waals surface area contributed by atoms with Gasteiger partial charge in [-0.25, -0.2) is 0 Å². The van der Waals surface area contributed by atoms with Gasteiger partial charge in [-0.15, -0.1) is 11.3 Å². The van der Waals surface area contributed by atoms with E-state index in [2.05, 4.69) is 40.8 Å². The molecule has 2 heterocycles.